The lowest BCUT2D eigenvalue weighted by molar-refractivity contribution is -0.137. The summed E-state index contributed by atoms with van der Waals surface area (Å²) in [5.41, 5.74) is 4.92. The molecule has 8 heteroatoms. The molecule has 0 bridgehead atoms. The summed E-state index contributed by atoms with van der Waals surface area (Å²) in [6, 6.07) is 27.3. The van der Waals surface area contributed by atoms with Gasteiger partial charge in [-0.1, -0.05) is 95.5 Å². The Morgan fingerprint density at radius 2 is 1.44 bits per heavy atom. The number of carbonyl (C=O) groups is 3. The Bertz CT molecular complexity index is 1550. The number of hydrogen-bond acceptors (Lipinski definition) is 3. The minimum atomic E-state index is -1.00. The van der Waals surface area contributed by atoms with Crippen molar-refractivity contribution in [2.75, 3.05) is 13.1 Å². The maximum absolute atomic E-state index is 13.9. The van der Waals surface area contributed by atoms with Crippen LogP contribution in [0, 0.1) is 6.92 Å². The van der Waals surface area contributed by atoms with Crippen molar-refractivity contribution in [1.29, 1.82) is 0 Å². The standard InChI is InChI=1S/C33H30Cl2N2O4/c1-22-10-12-23(13-11-22)21-36-32(40)28-8-4-2-6-26(28)27-7-3-5-9-29(27)33(41)37(19-17-31(38)39)18-16-24-14-15-25(34)20-30(24)35/h2-15,20H,16-19,21H2,1H3,(H,36,40)(H,38,39). The molecule has 0 aliphatic rings. The average molecular weight is 590 g/mol. The van der Waals surface area contributed by atoms with Crippen molar-refractivity contribution in [1.82, 2.24) is 10.2 Å². The molecule has 0 spiro atoms. The van der Waals surface area contributed by atoms with Gasteiger partial charge in [0.2, 0.25) is 0 Å². The topological polar surface area (TPSA) is 86.7 Å². The summed E-state index contributed by atoms with van der Waals surface area (Å²) in [7, 11) is 0. The van der Waals surface area contributed by atoms with Crippen molar-refractivity contribution in [2.24, 2.45) is 0 Å². The Morgan fingerprint density at radius 1 is 0.805 bits per heavy atom. The fraction of sp³-hybridized carbons (Fsp3) is 0.182. The highest BCUT2D eigenvalue weighted by atomic mass is 35.5. The molecule has 4 rings (SSSR count). The van der Waals surface area contributed by atoms with Crippen molar-refractivity contribution < 1.29 is 19.5 Å². The summed E-state index contributed by atoms with van der Waals surface area (Å²) in [5, 5.41) is 13.3. The molecule has 0 saturated carbocycles. The zero-order chi connectivity index (χ0) is 29.4. The number of carbonyl (C=O) groups excluding carboxylic acids is 2. The zero-order valence-corrected chi connectivity index (χ0v) is 24.1. The third-order valence-electron chi connectivity index (χ3n) is 6.74. The fourth-order valence-corrected chi connectivity index (χ4v) is 5.00. The van der Waals surface area contributed by atoms with Crippen LogP contribution in [0.15, 0.2) is 91.0 Å². The summed E-state index contributed by atoms with van der Waals surface area (Å²) in [6.07, 6.45) is 0.210. The van der Waals surface area contributed by atoms with E-state index in [2.05, 4.69) is 5.32 Å². The SMILES string of the molecule is Cc1ccc(CNC(=O)c2ccccc2-c2ccccc2C(=O)N(CCC(=O)O)CCc2ccc(Cl)cc2Cl)cc1. The molecule has 6 nitrogen and oxygen atoms in total. The fourth-order valence-electron chi connectivity index (χ4n) is 4.50. The molecule has 0 heterocycles. The third-order valence-corrected chi connectivity index (χ3v) is 7.33. The Labute approximate surface area is 249 Å². The van der Waals surface area contributed by atoms with Gasteiger partial charge in [-0.15, -0.1) is 0 Å². The van der Waals surface area contributed by atoms with Crippen molar-refractivity contribution in [3.05, 3.63) is 129 Å². The van der Waals surface area contributed by atoms with E-state index in [0.29, 0.717) is 45.3 Å². The second-order valence-electron chi connectivity index (χ2n) is 9.68. The van der Waals surface area contributed by atoms with Gasteiger partial charge in [-0.05, 0) is 59.9 Å². The average Bonchev–Trinajstić information content (AvgIpc) is 2.97. The number of aliphatic carboxylic acids is 1. The summed E-state index contributed by atoms with van der Waals surface area (Å²) < 4.78 is 0. The number of amides is 2. The molecule has 0 aliphatic carbocycles. The van der Waals surface area contributed by atoms with Crippen LogP contribution < -0.4 is 5.32 Å². The molecule has 0 saturated heterocycles. The number of carboxylic acids is 1. The minimum Gasteiger partial charge on any atom is -0.481 e. The number of aryl methyl sites for hydroxylation is 1. The highest BCUT2D eigenvalue weighted by Gasteiger charge is 2.23. The lowest BCUT2D eigenvalue weighted by Gasteiger charge is -2.24. The largest absolute Gasteiger partial charge is 0.481 e. The van der Waals surface area contributed by atoms with E-state index in [1.807, 2.05) is 49.4 Å². The Hall–Kier alpha value is -4.13. The van der Waals surface area contributed by atoms with Crippen LogP contribution in [0.25, 0.3) is 11.1 Å². The Kier molecular flexibility index (Phi) is 10.2. The molecule has 2 amide bonds. The highest BCUT2D eigenvalue weighted by Crippen LogP contribution is 2.29. The van der Waals surface area contributed by atoms with Crippen LogP contribution in [-0.2, 0) is 17.8 Å². The predicted octanol–water partition coefficient (Wildman–Crippen LogP) is 7.06. The number of nitrogens with zero attached hydrogens (tertiary/aromatic N) is 1. The molecule has 210 valence electrons. The van der Waals surface area contributed by atoms with E-state index in [1.54, 1.807) is 48.5 Å². The second-order valence-corrected chi connectivity index (χ2v) is 10.5. The first-order valence-electron chi connectivity index (χ1n) is 13.2. The summed E-state index contributed by atoms with van der Waals surface area (Å²) in [4.78, 5) is 40.1. The van der Waals surface area contributed by atoms with Gasteiger partial charge >= 0.3 is 5.97 Å². The van der Waals surface area contributed by atoms with Crippen LogP contribution in [0.3, 0.4) is 0 Å². The van der Waals surface area contributed by atoms with Gasteiger partial charge in [0.05, 0.1) is 6.42 Å². The van der Waals surface area contributed by atoms with Crippen LogP contribution in [0.4, 0.5) is 0 Å². The normalized spacial score (nSPS) is 10.7. The second kappa shape index (κ2) is 14.0. The van der Waals surface area contributed by atoms with Gasteiger partial charge < -0.3 is 15.3 Å². The molecule has 0 radical (unpaired) electrons. The van der Waals surface area contributed by atoms with E-state index < -0.39 is 5.97 Å². The van der Waals surface area contributed by atoms with Crippen molar-refractivity contribution in [2.45, 2.75) is 26.3 Å². The number of benzene rings is 4. The lowest BCUT2D eigenvalue weighted by Crippen LogP contribution is -2.35. The summed E-state index contributed by atoms with van der Waals surface area (Å²) in [5.74, 6) is -1.60. The smallest absolute Gasteiger partial charge is 0.305 e. The number of halogens is 2. The molecule has 4 aromatic rings. The van der Waals surface area contributed by atoms with Gasteiger partial charge in [0.1, 0.15) is 0 Å². The maximum atomic E-state index is 13.9. The molecule has 0 aromatic heterocycles. The Morgan fingerprint density at radius 3 is 2.10 bits per heavy atom. The number of rotatable bonds is 11. The van der Waals surface area contributed by atoms with E-state index in [9.17, 15) is 19.5 Å². The third kappa shape index (κ3) is 7.97. The van der Waals surface area contributed by atoms with E-state index in [4.69, 9.17) is 23.2 Å². The minimum absolute atomic E-state index is 0.0202. The molecule has 0 unspecified atom stereocenters. The lowest BCUT2D eigenvalue weighted by atomic mass is 9.94. The van der Waals surface area contributed by atoms with Crippen LogP contribution in [0.5, 0.6) is 0 Å². The molecule has 41 heavy (non-hydrogen) atoms. The van der Waals surface area contributed by atoms with E-state index in [1.165, 1.54) is 4.90 Å². The first-order chi connectivity index (χ1) is 19.7. The van der Waals surface area contributed by atoms with Crippen molar-refractivity contribution in [3.63, 3.8) is 0 Å². The number of carboxylic acid groups (broad SMARTS) is 1. The first-order valence-corrected chi connectivity index (χ1v) is 14.0. The van der Waals surface area contributed by atoms with Gasteiger partial charge in [-0.25, -0.2) is 0 Å². The molecular formula is C33H30Cl2N2O4. The van der Waals surface area contributed by atoms with Crippen LogP contribution >= 0.6 is 23.2 Å². The summed E-state index contributed by atoms with van der Waals surface area (Å²) >= 11 is 12.4. The van der Waals surface area contributed by atoms with Gasteiger partial charge in [0.25, 0.3) is 11.8 Å². The van der Waals surface area contributed by atoms with E-state index in [0.717, 1.165) is 16.7 Å². The van der Waals surface area contributed by atoms with Gasteiger partial charge in [-0.2, -0.15) is 0 Å². The maximum Gasteiger partial charge on any atom is 0.305 e. The molecule has 2 N–H and O–H groups in total. The van der Waals surface area contributed by atoms with Crippen LogP contribution in [-0.4, -0.2) is 40.9 Å². The molecule has 4 aromatic carbocycles. The van der Waals surface area contributed by atoms with Crippen LogP contribution in [0.2, 0.25) is 10.0 Å². The number of nitrogens with one attached hydrogen (secondary N) is 1. The van der Waals surface area contributed by atoms with Gasteiger partial charge in [-0.3, -0.25) is 14.4 Å². The van der Waals surface area contributed by atoms with Crippen LogP contribution in [0.1, 0.15) is 43.8 Å². The zero-order valence-electron chi connectivity index (χ0n) is 22.6. The van der Waals surface area contributed by atoms with Gasteiger partial charge in [0, 0.05) is 40.8 Å². The van der Waals surface area contributed by atoms with Crippen molar-refractivity contribution >= 4 is 41.0 Å². The number of hydrogen-bond donors (Lipinski definition) is 2. The molecular weight excluding hydrogens is 559 g/mol. The molecule has 0 aliphatic heterocycles. The quantitative estimate of drug-likeness (QED) is 0.196. The van der Waals surface area contributed by atoms with Crippen molar-refractivity contribution in [3.8, 4) is 11.1 Å². The molecule has 0 fully saturated rings. The first kappa shape index (κ1) is 29.8. The van der Waals surface area contributed by atoms with Gasteiger partial charge in [0.15, 0.2) is 0 Å². The van der Waals surface area contributed by atoms with E-state index >= 15 is 0 Å². The monoisotopic (exact) mass is 588 g/mol. The summed E-state index contributed by atoms with van der Waals surface area (Å²) in [6.45, 7) is 2.64. The highest BCUT2D eigenvalue weighted by molar-refractivity contribution is 6.35. The van der Waals surface area contributed by atoms with E-state index in [-0.39, 0.29) is 31.3 Å². The molecule has 0 atom stereocenters. The Balaban J connectivity index is 1.61. The predicted molar refractivity (Wildman–Crippen MR) is 163 cm³/mol.